The number of hydrogen-bond acceptors (Lipinski definition) is 4. The van der Waals surface area contributed by atoms with Crippen molar-refractivity contribution in [2.24, 2.45) is 5.73 Å². The normalized spacial score (nSPS) is 10.6. The number of carbonyl (C=O) groups excluding carboxylic acids is 1. The van der Waals surface area contributed by atoms with Crippen LogP contribution in [0.15, 0.2) is 10.9 Å². The monoisotopic (exact) mass is 246 g/mol. The van der Waals surface area contributed by atoms with Gasteiger partial charge in [-0.25, -0.2) is 8.78 Å². The smallest absolute Gasteiger partial charge is 0.310 e. The number of aromatic nitrogens is 1. The molecule has 0 fully saturated rings. The summed E-state index contributed by atoms with van der Waals surface area (Å²) in [4.78, 5) is 24.7. The van der Waals surface area contributed by atoms with Crippen LogP contribution in [0.2, 0.25) is 0 Å². The topological polar surface area (TPSA) is 85.2 Å². The summed E-state index contributed by atoms with van der Waals surface area (Å²) < 4.78 is 29.7. The summed E-state index contributed by atoms with van der Waals surface area (Å²) in [6.07, 6.45) is -3.11. The summed E-state index contributed by atoms with van der Waals surface area (Å²) in [5.41, 5.74) is 4.16. The average Bonchev–Trinajstić information content (AvgIpc) is 2.30. The van der Waals surface area contributed by atoms with Gasteiger partial charge in [0.05, 0.1) is 13.5 Å². The number of halogens is 2. The van der Waals surface area contributed by atoms with Gasteiger partial charge in [0.15, 0.2) is 0 Å². The molecule has 1 heterocycles. The minimum absolute atomic E-state index is 0.0291. The van der Waals surface area contributed by atoms with Crippen LogP contribution in [0.3, 0.4) is 0 Å². The van der Waals surface area contributed by atoms with Crippen LogP contribution in [0.4, 0.5) is 8.78 Å². The Labute approximate surface area is 95.6 Å². The molecule has 0 spiro atoms. The number of methoxy groups -OCH3 is 1. The molecule has 0 aliphatic rings. The van der Waals surface area contributed by atoms with Crippen LogP contribution in [-0.4, -0.2) is 18.1 Å². The zero-order chi connectivity index (χ0) is 13.0. The van der Waals surface area contributed by atoms with Crippen LogP contribution in [0.5, 0.6) is 0 Å². The number of aromatic amines is 1. The highest BCUT2D eigenvalue weighted by Gasteiger charge is 2.17. The Bertz CT molecular complexity index is 471. The van der Waals surface area contributed by atoms with Gasteiger partial charge in [0.25, 0.3) is 12.0 Å². The number of ether oxygens (including phenoxy) is 1. The van der Waals surface area contributed by atoms with E-state index in [0.29, 0.717) is 0 Å². The van der Waals surface area contributed by atoms with Gasteiger partial charge in [0.2, 0.25) is 0 Å². The molecule has 0 aromatic carbocycles. The summed E-state index contributed by atoms with van der Waals surface area (Å²) in [5.74, 6) is -0.670. The van der Waals surface area contributed by atoms with Crippen LogP contribution >= 0.6 is 0 Å². The first kappa shape index (κ1) is 13.3. The first-order valence-corrected chi connectivity index (χ1v) is 4.79. The maximum Gasteiger partial charge on any atom is 0.310 e. The van der Waals surface area contributed by atoms with Crippen molar-refractivity contribution in [1.82, 2.24) is 4.98 Å². The molecule has 94 valence electrons. The van der Waals surface area contributed by atoms with Crippen LogP contribution in [-0.2, 0) is 22.5 Å². The molecular formula is C10H12F2N2O3. The van der Waals surface area contributed by atoms with Gasteiger partial charge in [-0.1, -0.05) is 0 Å². The van der Waals surface area contributed by atoms with E-state index in [2.05, 4.69) is 9.72 Å². The van der Waals surface area contributed by atoms with Crippen LogP contribution in [0.1, 0.15) is 23.2 Å². The SMILES string of the molecule is COC(=O)Cc1cc(C(F)F)c(CN)[nH]c1=O. The van der Waals surface area contributed by atoms with Crippen molar-refractivity contribution >= 4 is 5.97 Å². The van der Waals surface area contributed by atoms with E-state index >= 15 is 0 Å². The number of nitrogens with two attached hydrogens (primary N) is 1. The summed E-state index contributed by atoms with van der Waals surface area (Å²) in [6.45, 7) is -0.201. The summed E-state index contributed by atoms with van der Waals surface area (Å²) in [6, 6.07) is 0.989. The van der Waals surface area contributed by atoms with Gasteiger partial charge >= 0.3 is 5.97 Å². The molecule has 7 heteroatoms. The van der Waals surface area contributed by atoms with E-state index in [0.717, 1.165) is 13.2 Å². The molecule has 0 aliphatic heterocycles. The minimum atomic E-state index is -2.76. The molecule has 5 nitrogen and oxygen atoms in total. The third-order valence-electron chi connectivity index (χ3n) is 2.24. The molecule has 1 aromatic rings. The first-order chi connectivity index (χ1) is 7.99. The Kier molecular flexibility index (Phi) is 4.33. The molecule has 0 saturated carbocycles. The average molecular weight is 246 g/mol. The highest BCUT2D eigenvalue weighted by Crippen LogP contribution is 2.21. The van der Waals surface area contributed by atoms with Gasteiger partial charge in [-0.15, -0.1) is 0 Å². The number of esters is 1. The van der Waals surface area contributed by atoms with E-state index in [4.69, 9.17) is 5.73 Å². The van der Waals surface area contributed by atoms with Crippen molar-refractivity contribution in [2.75, 3.05) is 7.11 Å². The minimum Gasteiger partial charge on any atom is -0.469 e. The molecule has 0 atom stereocenters. The van der Waals surface area contributed by atoms with E-state index in [9.17, 15) is 18.4 Å². The van der Waals surface area contributed by atoms with Crippen LogP contribution < -0.4 is 11.3 Å². The standard InChI is InChI=1S/C10H12F2N2O3/c1-17-8(15)3-5-2-6(9(11)12)7(4-13)14-10(5)16/h2,9H,3-4,13H2,1H3,(H,14,16). The Morgan fingerprint density at radius 2 is 2.24 bits per heavy atom. The number of nitrogens with one attached hydrogen (secondary N) is 1. The lowest BCUT2D eigenvalue weighted by molar-refractivity contribution is -0.139. The molecule has 0 radical (unpaired) electrons. The van der Waals surface area contributed by atoms with Crippen molar-refractivity contribution < 1.29 is 18.3 Å². The molecule has 0 saturated heterocycles. The number of alkyl halides is 2. The first-order valence-electron chi connectivity index (χ1n) is 4.79. The van der Waals surface area contributed by atoms with E-state index in [-0.39, 0.29) is 29.8 Å². The van der Waals surface area contributed by atoms with E-state index < -0.39 is 18.0 Å². The maximum absolute atomic E-state index is 12.7. The highest BCUT2D eigenvalue weighted by molar-refractivity contribution is 5.72. The second kappa shape index (κ2) is 5.53. The number of carbonyl (C=O) groups is 1. The molecule has 17 heavy (non-hydrogen) atoms. The summed E-state index contributed by atoms with van der Waals surface area (Å²) in [5, 5.41) is 0. The van der Waals surface area contributed by atoms with Crippen molar-refractivity contribution in [3.8, 4) is 0 Å². The van der Waals surface area contributed by atoms with Crippen LogP contribution in [0, 0.1) is 0 Å². The number of rotatable bonds is 4. The number of hydrogen-bond donors (Lipinski definition) is 2. The van der Waals surface area contributed by atoms with Gasteiger partial charge in [-0.2, -0.15) is 0 Å². The Morgan fingerprint density at radius 1 is 1.59 bits per heavy atom. The fourth-order valence-corrected chi connectivity index (χ4v) is 1.35. The molecule has 3 N–H and O–H groups in total. The number of H-pyrrole nitrogens is 1. The van der Waals surface area contributed by atoms with Crippen molar-refractivity contribution in [3.63, 3.8) is 0 Å². The zero-order valence-corrected chi connectivity index (χ0v) is 9.13. The molecule has 0 amide bonds. The summed E-state index contributed by atoms with van der Waals surface area (Å²) >= 11 is 0. The van der Waals surface area contributed by atoms with Crippen molar-refractivity contribution in [3.05, 3.63) is 33.2 Å². The second-order valence-corrected chi connectivity index (χ2v) is 3.32. The van der Waals surface area contributed by atoms with Gasteiger partial charge < -0.3 is 15.5 Å². The highest BCUT2D eigenvalue weighted by atomic mass is 19.3. The number of pyridine rings is 1. The van der Waals surface area contributed by atoms with E-state index in [1.165, 1.54) is 0 Å². The fraction of sp³-hybridized carbons (Fsp3) is 0.400. The molecule has 1 aromatic heterocycles. The van der Waals surface area contributed by atoms with Gasteiger partial charge in [-0.05, 0) is 6.07 Å². The van der Waals surface area contributed by atoms with Crippen molar-refractivity contribution in [1.29, 1.82) is 0 Å². The lowest BCUT2D eigenvalue weighted by Crippen LogP contribution is -2.21. The Hall–Kier alpha value is -1.76. The third kappa shape index (κ3) is 3.10. The van der Waals surface area contributed by atoms with Crippen LogP contribution in [0.25, 0.3) is 0 Å². The molecular weight excluding hydrogens is 234 g/mol. The Morgan fingerprint density at radius 3 is 2.71 bits per heavy atom. The predicted molar refractivity (Wildman–Crippen MR) is 55.6 cm³/mol. The quantitative estimate of drug-likeness (QED) is 0.757. The zero-order valence-electron chi connectivity index (χ0n) is 9.13. The molecule has 0 bridgehead atoms. The fourth-order valence-electron chi connectivity index (χ4n) is 1.35. The van der Waals surface area contributed by atoms with E-state index in [1.54, 1.807) is 0 Å². The van der Waals surface area contributed by atoms with Crippen molar-refractivity contribution in [2.45, 2.75) is 19.4 Å². The van der Waals surface area contributed by atoms with Gasteiger partial charge in [0, 0.05) is 23.4 Å². The lowest BCUT2D eigenvalue weighted by atomic mass is 10.1. The predicted octanol–water partition coefficient (Wildman–Crippen LogP) is 0.487. The molecule has 0 unspecified atom stereocenters. The van der Waals surface area contributed by atoms with Gasteiger partial charge in [-0.3, -0.25) is 9.59 Å². The molecule has 0 aliphatic carbocycles. The lowest BCUT2D eigenvalue weighted by Gasteiger charge is -2.08. The summed E-state index contributed by atoms with van der Waals surface area (Å²) in [7, 11) is 1.15. The largest absolute Gasteiger partial charge is 0.469 e. The second-order valence-electron chi connectivity index (χ2n) is 3.32. The molecule has 1 rings (SSSR count). The van der Waals surface area contributed by atoms with Gasteiger partial charge in [0.1, 0.15) is 0 Å². The Balaban J connectivity index is 3.20. The van der Waals surface area contributed by atoms with E-state index in [1.807, 2.05) is 0 Å². The maximum atomic E-state index is 12.7. The third-order valence-corrected chi connectivity index (χ3v) is 2.24.